The highest BCUT2D eigenvalue weighted by Gasteiger charge is 2.11. The van der Waals surface area contributed by atoms with Crippen molar-refractivity contribution in [2.75, 3.05) is 5.75 Å². The SMILES string of the molecule is Cc1cc(C)c(C(N)CSc2ccc(F)cc2)cc1C. The maximum atomic E-state index is 12.9. The van der Waals surface area contributed by atoms with Crippen LogP contribution in [0.4, 0.5) is 4.39 Å². The van der Waals surface area contributed by atoms with Crippen molar-refractivity contribution in [2.24, 2.45) is 5.73 Å². The summed E-state index contributed by atoms with van der Waals surface area (Å²) in [7, 11) is 0. The van der Waals surface area contributed by atoms with Gasteiger partial charge in [-0.3, -0.25) is 0 Å². The molecule has 2 rings (SSSR count). The molecule has 0 aliphatic rings. The van der Waals surface area contributed by atoms with Crippen LogP contribution in [0.5, 0.6) is 0 Å². The topological polar surface area (TPSA) is 26.0 Å². The van der Waals surface area contributed by atoms with E-state index in [2.05, 4.69) is 32.9 Å². The van der Waals surface area contributed by atoms with Gasteiger partial charge in [0.05, 0.1) is 0 Å². The Hall–Kier alpha value is -1.32. The lowest BCUT2D eigenvalue weighted by molar-refractivity contribution is 0.626. The molecule has 3 heteroatoms. The summed E-state index contributed by atoms with van der Waals surface area (Å²) in [4.78, 5) is 1.04. The van der Waals surface area contributed by atoms with Crippen molar-refractivity contribution in [1.82, 2.24) is 0 Å². The number of nitrogens with two attached hydrogens (primary N) is 1. The number of thioether (sulfide) groups is 1. The van der Waals surface area contributed by atoms with Crippen LogP contribution in [0.15, 0.2) is 41.3 Å². The molecule has 2 aromatic rings. The van der Waals surface area contributed by atoms with Crippen LogP contribution in [-0.2, 0) is 0 Å². The van der Waals surface area contributed by atoms with Gasteiger partial charge < -0.3 is 5.73 Å². The van der Waals surface area contributed by atoms with E-state index in [0.29, 0.717) is 0 Å². The molecule has 106 valence electrons. The number of hydrogen-bond acceptors (Lipinski definition) is 2. The minimum Gasteiger partial charge on any atom is -0.323 e. The van der Waals surface area contributed by atoms with Crippen molar-refractivity contribution < 1.29 is 4.39 Å². The van der Waals surface area contributed by atoms with E-state index < -0.39 is 0 Å². The first-order valence-corrected chi connectivity index (χ1v) is 7.67. The molecule has 0 saturated heterocycles. The molecule has 2 aromatic carbocycles. The van der Waals surface area contributed by atoms with Crippen LogP contribution >= 0.6 is 11.8 Å². The summed E-state index contributed by atoms with van der Waals surface area (Å²) in [5.74, 6) is 0.582. The molecule has 0 radical (unpaired) electrons. The van der Waals surface area contributed by atoms with Gasteiger partial charge in [0.2, 0.25) is 0 Å². The average Bonchev–Trinajstić information content (AvgIpc) is 2.42. The molecule has 0 bridgehead atoms. The number of rotatable bonds is 4. The van der Waals surface area contributed by atoms with Gasteiger partial charge in [-0.1, -0.05) is 12.1 Å². The lowest BCUT2D eigenvalue weighted by Gasteiger charge is -2.16. The second-order valence-corrected chi connectivity index (χ2v) is 6.26. The Morgan fingerprint density at radius 3 is 2.25 bits per heavy atom. The Labute approximate surface area is 124 Å². The van der Waals surface area contributed by atoms with E-state index in [1.807, 2.05) is 0 Å². The molecule has 0 heterocycles. The van der Waals surface area contributed by atoms with Crippen LogP contribution in [0.25, 0.3) is 0 Å². The number of hydrogen-bond donors (Lipinski definition) is 1. The van der Waals surface area contributed by atoms with Crippen LogP contribution in [-0.4, -0.2) is 5.75 Å². The number of aryl methyl sites for hydroxylation is 3. The quantitative estimate of drug-likeness (QED) is 0.836. The van der Waals surface area contributed by atoms with E-state index in [1.54, 1.807) is 23.9 Å². The highest BCUT2D eigenvalue weighted by molar-refractivity contribution is 7.99. The molecule has 1 unspecified atom stereocenters. The zero-order valence-corrected chi connectivity index (χ0v) is 12.9. The van der Waals surface area contributed by atoms with Gasteiger partial charge in [-0.25, -0.2) is 4.39 Å². The van der Waals surface area contributed by atoms with Crippen molar-refractivity contribution in [3.8, 4) is 0 Å². The number of benzene rings is 2. The highest BCUT2D eigenvalue weighted by atomic mass is 32.2. The Balaban J connectivity index is 2.06. The Morgan fingerprint density at radius 1 is 1.00 bits per heavy atom. The number of halogens is 1. The summed E-state index contributed by atoms with van der Waals surface area (Å²) in [5, 5.41) is 0. The molecule has 0 spiro atoms. The van der Waals surface area contributed by atoms with Crippen LogP contribution in [0.3, 0.4) is 0 Å². The summed E-state index contributed by atoms with van der Waals surface area (Å²) < 4.78 is 12.9. The summed E-state index contributed by atoms with van der Waals surface area (Å²) in [6.45, 7) is 6.33. The van der Waals surface area contributed by atoms with Crippen molar-refractivity contribution in [3.63, 3.8) is 0 Å². The smallest absolute Gasteiger partial charge is 0.123 e. The van der Waals surface area contributed by atoms with E-state index in [4.69, 9.17) is 5.73 Å². The largest absolute Gasteiger partial charge is 0.323 e. The van der Waals surface area contributed by atoms with Crippen LogP contribution in [0.1, 0.15) is 28.3 Å². The standard InChI is InChI=1S/C17H20FNS/c1-11-8-13(3)16(9-12(11)2)17(19)10-20-15-6-4-14(18)5-7-15/h4-9,17H,10,19H2,1-3H3. The fourth-order valence-corrected chi connectivity index (χ4v) is 3.07. The van der Waals surface area contributed by atoms with Gasteiger partial charge in [-0.2, -0.15) is 0 Å². The Morgan fingerprint density at radius 2 is 1.60 bits per heavy atom. The molecule has 1 nitrogen and oxygen atoms in total. The predicted octanol–water partition coefficient (Wildman–Crippen LogP) is 4.54. The maximum absolute atomic E-state index is 12.9. The van der Waals surface area contributed by atoms with Gasteiger partial charge in [0.15, 0.2) is 0 Å². The zero-order chi connectivity index (χ0) is 14.7. The molecule has 0 aromatic heterocycles. The summed E-state index contributed by atoms with van der Waals surface area (Å²) >= 11 is 1.66. The van der Waals surface area contributed by atoms with Gasteiger partial charge in [0, 0.05) is 16.7 Å². The van der Waals surface area contributed by atoms with Gasteiger partial charge in [-0.05, 0) is 67.3 Å². The predicted molar refractivity (Wildman–Crippen MR) is 84.7 cm³/mol. The minimum absolute atomic E-state index is 0.00986. The molecule has 0 aliphatic carbocycles. The maximum Gasteiger partial charge on any atom is 0.123 e. The summed E-state index contributed by atoms with van der Waals surface area (Å²) in [6.07, 6.45) is 0. The lowest BCUT2D eigenvalue weighted by atomic mass is 9.97. The van der Waals surface area contributed by atoms with Crippen molar-refractivity contribution in [2.45, 2.75) is 31.7 Å². The summed E-state index contributed by atoms with van der Waals surface area (Å²) in [6, 6.07) is 10.9. The molecule has 0 amide bonds. The first kappa shape index (κ1) is 15.1. The van der Waals surface area contributed by atoms with Gasteiger partial charge in [-0.15, -0.1) is 11.8 Å². The van der Waals surface area contributed by atoms with E-state index in [1.165, 1.54) is 34.4 Å². The Bertz CT molecular complexity index is 593. The highest BCUT2D eigenvalue weighted by Crippen LogP contribution is 2.26. The molecule has 20 heavy (non-hydrogen) atoms. The fourth-order valence-electron chi connectivity index (χ4n) is 2.19. The first-order valence-electron chi connectivity index (χ1n) is 6.69. The minimum atomic E-state index is -0.205. The molecular formula is C17H20FNS. The van der Waals surface area contributed by atoms with Gasteiger partial charge in [0.1, 0.15) is 5.82 Å². The monoisotopic (exact) mass is 289 g/mol. The van der Waals surface area contributed by atoms with E-state index >= 15 is 0 Å². The molecule has 0 fully saturated rings. The third kappa shape index (κ3) is 3.62. The van der Waals surface area contributed by atoms with E-state index in [9.17, 15) is 4.39 Å². The van der Waals surface area contributed by atoms with E-state index in [0.717, 1.165) is 10.6 Å². The summed E-state index contributed by atoms with van der Waals surface area (Å²) in [5.41, 5.74) is 11.3. The fraction of sp³-hybridized carbons (Fsp3) is 0.294. The van der Waals surface area contributed by atoms with Crippen molar-refractivity contribution in [3.05, 3.63) is 64.5 Å². The van der Waals surface area contributed by atoms with Crippen molar-refractivity contribution >= 4 is 11.8 Å². The lowest BCUT2D eigenvalue weighted by Crippen LogP contribution is -2.15. The van der Waals surface area contributed by atoms with Crippen LogP contribution < -0.4 is 5.73 Å². The molecule has 2 N–H and O–H groups in total. The third-order valence-electron chi connectivity index (χ3n) is 3.53. The molecular weight excluding hydrogens is 269 g/mol. The van der Waals surface area contributed by atoms with Gasteiger partial charge >= 0.3 is 0 Å². The third-order valence-corrected chi connectivity index (χ3v) is 4.66. The van der Waals surface area contributed by atoms with Gasteiger partial charge in [0.25, 0.3) is 0 Å². The first-order chi connectivity index (χ1) is 9.47. The van der Waals surface area contributed by atoms with E-state index in [-0.39, 0.29) is 11.9 Å². The molecule has 0 aliphatic heterocycles. The second-order valence-electron chi connectivity index (χ2n) is 5.16. The normalized spacial score (nSPS) is 12.4. The van der Waals surface area contributed by atoms with Crippen LogP contribution in [0.2, 0.25) is 0 Å². The Kier molecular flexibility index (Phi) is 4.84. The molecule has 1 atom stereocenters. The second kappa shape index (κ2) is 6.42. The van der Waals surface area contributed by atoms with Crippen LogP contribution in [0, 0.1) is 26.6 Å². The molecule has 0 saturated carbocycles. The zero-order valence-electron chi connectivity index (χ0n) is 12.1. The van der Waals surface area contributed by atoms with Crippen molar-refractivity contribution in [1.29, 1.82) is 0 Å². The average molecular weight is 289 g/mol.